The van der Waals surface area contributed by atoms with E-state index in [1.807, 2.05) is 18.7 Å². The lowest BCUT2D eigenvalue weighted by molar-refractivity contribution is -0.137. The molecule has 3 atom stereocenters. The molecule has 0 aliphatic carbocycles. The van der Waals surface area contributed by atoms with Gasteiger partial charge in [0.15, 0.2) is 0 Å². The number of hydrogen-bond acceptors (Lipinski definition) is 3. The van der Waals surface area contributed by atoms with E-state index in [4.69, 9.17) is 9.84 Å². The Morgan fingerprint density at radius 1 is 1.38 bits per heavy atom. The highest BCUT2D eigenvalue weighted by molar-refractivity contribution is 5.74. The summed E-state index contributed by atoms with van der Waals surface area (Å²) in [5, 5.41) is 11.6. The first-order valence-corrected chi connectivity index (χ1v) is 7.81. The Labute approximate surface area is 126 Å². The number of hydrogen-bond donors (Lipinski definition) is 2. The number of carboxylic acids is 1. The Morgan fingerprint density at radius 3 is 2.71 bits per heavy atom. The number of nitrogens with zero attached hydrogens (tertiary/aromatic N) is 1. The highest BCUT2D eigenvalue weighted by atomic mass is 16.5. The molecule has 1 saturated heterocycles. The Morgan fingerprint density at radius 2 is 2.10 bits per heavy atom. The molecule has 2 amide bonds. The summed E-state index contributed by atoms with van der Waals surface area (Å²) >= 11 is 0. The molecule has 6 nitrogen and oxygen atoms in total. The van der Waals surface area contributed by atoms with Crippen molar-refractivity contribution >= 4 is 12.0 Å². The van der Waals surface area contributed by atoms with Gasteiger partial charge in [0, 0.05) is 19.5 Å². The minimum Gasteiger partial charge on any atom is -0.481 e. The summed E-state index contributed by atoms with van der Waals surface area (Å²) in [6.07, 6.45) is 2.71. The van der Waals surface area contributed by atoms with Gasteiger partial charge in [-0.15, -0.1) is 0 Å². The number of amides is 2. The molecule has 0 aromatic carbocycles. The van der Waals surface area contributed by atoms with Crippen molar-refractivity contribution in [2.24, 2.45) is 5.92 Å². The summed E-state index contributed by atoms with van der Waals surface area (Å²) < 4.78 is 5.51. The van der Waals surface area contributed by atoms with Gasteiger partial charge in [0.2, 0.25) is 0 Å². The number of morpholine rings is 1. The van der Waals surface area contributed by atoms with Crippen LogP contribution in [0.4, 0.5) is 4.79 Å². The van der Waals surface area contributed by atoms with Gasteiger partial charge in [-0.2, -0.15) is 0 Å². The van der Waals surface area contributed by atoms with Crippen molar-refractivity contribution in [3.8, 4) is 0 Å². The van der Waals surface area contributed by atoms with Gasteiger partial charge in [-0.25, -0.2) is 4.79 Å². The lowest BCUT2D eigenvalue weighted by Crippen LogP contribution is -2.53. The van der Waals surface area contributed by atoms with Crippen LogP contribution >= 0.6 is 0 Å². The summed E-state index contributed by atoms with van der Waals surface area (Å²) in [5.41, 5.74) is 0. The topological polar surface area (TPSA) is 78.9 Å². The first-order valence-electron chi connectivity index (χ1n) is 7.81. The van der Waals surface area contributed by atoms with Gasteiger partial charge >= 0.3 is 12.0 Å². The maximum absolute atomic E-state index is 12.2. The first kappa shape index (κ1) is 17.8. The summed E-state index contributed by atoms with van der Waals surface area (Å²) in [6.45, 7) is 7.78. The zero-order chi connectivity index (χ0) is 15.8. The van der Waals surface area contributed by atoms with Crippen LogP contribution in [0.5, 0.6) is 0 Å². The molecule has 1 heterocycles. The molecular weight excluding hydrogens is 272 g/mol. The Bertz CT molecular complexity index is 349. The molecule has 0 saturated carbocycles. The van der Waals surface area contributed by atoms with Gasteiger partial charge in [0.25, 0.3) is 0 Å². The third-order valence-electron chi connectivity index (χ3n) is 4.04. The molecule has 1 fully saturated rings. The minimum atomic E-state index is -0.756. The fraction of sp³-hybridized carbons (Fsp3) is 0.867. The predicted molar refractivity (Wildman–Crippen MR) is 80.2 cm³/mol. The Balaban J connectivity index is 2.29. The quantitative estimate of drug-likeness (QED) is 0.754. The number of carbonyl (C=O) groups is 2. The third-order valence-corrected chi connectivity index (χ3v) is 4.04. The maximum atomic E-state index is 12.2. The van der Waals surface area contributed by atoms with Gasteiger partial charge in [-0.1, -0.05) is 13.3 Å². The second-order valence-electron chi connectivity index (χ2n) is 5.87. The minimum absolute atomic E-state index is 0.0502. The van der Waals surface area contributed by atoms with Crippen LogP contribution in [0.3, 0.4) is 0 Å². The van der Waals surface area contributed by atoms with Crippen molar-refractivity contribution < 1.29 is 19.4 Å². The SMILES string of the molecule is CCC(CCNC(=O)N1CC(C)OCC1C)CCC(=O)O. The molecule has 0 bridgehead atoms. The normalized spacial score (nSPS) is 23.7. The van der Waals surface area contributed by atoms with Gasteiger partial charge in [0.05, 0.1) is 18.8 Å². The molecule has 1 aliphatic rings. The van der Waals surface area contributed by atoms with Crippen LogP contribution in [-0.4, -0.2) is 53.8 Å². The van der Waals surface area contributed by atoms with E-state index in [2.05, 4.69) is 12.2 Å². The van der Waals surface area contributed by atoms with E-state index >= 15 is 0 Å². The molecule has 6 heteroatoms. The van der Waals surface area contributed by atoms with E-state index in [9.17, 15) is 9.59 Å². The molecule has 0 aromatic heterocycles. The number of carboxylic acid groups (broad SMARTS) is 1. The van der Waals surface area contributed by atoms with E-state index in [0.29, 0.717) is 32.0 Å². The van der Waals surface area contributed by atoms with Crippen molar-refractivity contribution in [3.63, 3.8) is 0 Å². The Kier molecular flexibility index (Phi) is 7.50. The zero-order valence-corrected chi connectivity index (χ0v) is 13.3. The van der Waals surface area contributed by atoms with Crippen LogP contribution in [-0.2, 0) is 9.53 Å². The van der Waals surface area contributed by atoms with E-state index in [1.165, 1.54) is 0 Å². The fourth-order valence-electron chi connectivity index (χ4n) is 2.55. The average molecular weight is 300 g/mol. The highest BCUT2D eigenvalue weighted by Gasteiger charge is 2.27. The second-order valence-corrected chi connectivity index (χ2v) is 5.87. The fourth-order valence-corrected chi connectivity index (χ4v) is 2.55. The van der Waals surface area contributed by atoms with Crippen molar-refractivity contribution in [1.29, 1.82) is 0 Å². The van der Waals surface area contributed by atoms with Crippen LogP contribution in [0, 0.1) is 5.92 Å². The van der Waals surface area contributed by atoms with Crippen LogP contribution in [0.25, 0.3) is 0 Å². The van der Waals surface area contributed by atoms with E-state index in [1.54, 1.807) is 0 Å². The lowest BCUT2D eigenvalue weighted by atomic mass is 9.97. The third kappa shape index (κ3) is 6.33. The van der Waals surface area contributed by atoms with Gasteiger partial charge in [-0.3, -0.25) is 4.79 Å². The lowest BCUT2D eigenvalue weighted by Gasteiger charge is -2.36. The van der Waals surface area contributed by atoms with E-state index < -0.39 is 5.97 Å². The summed E-state index contributed by atoms with van der Waals surface area (Å²) in [7, 11) is 0. The predicted octanol–water partition coefficient (Wildman–Crippen LogP) is 2.09. The summed E-state index contributed by atoms with van der Waals surface area (Å²) in [4.78, 5) is 24.6. The number of aliphatic carboxylic acids is 1. The van der Waals surface area contributed by atoms with E-state index in [-0.39, 0.29) is 24.6 Å². The first-order chi connectivity index (χ1) is 9.93. The molecule has 0 radical (unpaired) electrons. The van der Waals surface area contributed by atoms with E-state index in [0.717, 1.165) is 12.8 Å². The molecule has 1 aliphatic heterocycles. The number of nitrogens with one attached hydrogen (secondary N) is 1. The van der Waals surface area contributed by atoms with Gasteiger partial charge in [0.1, 0.15) is 0 Å². The van der Waals surface area contributed by atoms with Crippen LogP contribution in [0.2, 0.25) is 0 Å². The van der Waals surface area contributed by atoms with Crippen molar-refractivity contribution in [2.45, 2.75) is 58.6 Å². The monoisotopic (exact) mass is 300 g/mol. The molecule has 122 valence electrons. The standard InChI is InChI=1S/C15H28N2O4/c1-4-13(5-6-14(18)19)7-8-16-15(20)17-9-12(3)21-10-11(17)2/h11-13H,4-10H2,1-3H3,(H,16,20)(H,18,19). The molecule has 1 rings (SSSR count). The van der Waals surface area contributed by atoms with Crippen molar-refractivity contribution in [1.82, 2.24) is 10.2 Å². The molecule has 0 spiro atoms. The molecule has 2 N–H and O–H groups in total. The zero-order valence-electron chi connectivity index (χ0n) is 13.3. The average Bonchev–Trinajstić information content (AvgIpc) is 2.44. The molecule has 3 unspecified atom stereocenters. The van der Waals surface area contributed by atoms with Gasteiger partial charge < -0.3 is 20.1 Å². The summed E-state index contributed by atoms with van der Waals surface area (Å²) in [5.74, 6) is -0.406. The molecule has 0 aromatic rings. The number of carbonyl (C=O) groups excluding carboxylic acids is 1. The number of urea groups is 1. The van der Waals surface area contributed by atoms with Crippen LogP contribution in [0.15, 0.2) is 0 Å². The van der Waals surface area contributed by atoms with Gasteiger partial charge in [-0.05, 0) is 32.6 Å². The summed E-state index contributed by atoms with van der Waals surface area (Å²) in [6, 6.07) is 0.0425. The number of rotatable bonds is 7. The van der Waals surface area contributed by atoms with Crippen LogP contribution in [0.1, 0.15) is 46.5 Å². The smallest absolute Gasteiger partial charge is 0.317 e. The Hall–Kier alpha value is -1.30. The van der Waals surface area contributed by atoms with Crippen molar-refractivity contribution in [2.75, 3.05) is 19.7 Å². The van der Waals surface area contributed by atoms with Crippen LogP contribution < -0.4 is 5.32 Å². The number of ether oxygens (including phenoxy) is 1. The van der Waals surface area contributed by atoms with Crippen molar-refractivity contribution in [3.05, 3.63) is 0 Å². The second kappa shape index (κ2) is 8.87. The molecular formula is C15H28N2O4. The maximum Gasteiger partial charge on any atom is 0.317 e. The largest absolute Gasteiger partial charge is 0.481 e. The molecule has 21 heavy (non-hydrogen) atoms. The highest BCUT2D eigenvalue weighted by Crippen LogP contribution is 2.15.